The van der Waals surface area contributed by atoms with Crippen LogP contribution in [0.4, 0.5) is 5.69 Å². The highest BCUT2D eigenvalue weighted by molar-refractivity contribution is 7.99. The van der Waals surface area contributed by atoms with Gasteiger partial charge in [-0.2, -0.15) is 0 Å². The average Bonchev–Trinajstić information content (AvgIpc) is 3.44. The number of hydrogen-bond donors (Lipinski definition) is 1. The highest BCUT2D eigenvalue weighted by Gasteiger charge is 2.42. The van der Waals surface area contributed by atoms with Gasteiger partial charge in [0, 0.05) is 16.8 Å². The van der Waals surface area contributed by atoms with Gasteiger partial charge in [-0.25, -0.2) is 0 Å². The lowest BCUT2D eigenvalue weighted by molar-refractivity contribution is 0.383. The Morgan fingerprint density at radius 2 is 1.88 bits per heavy atom. The summed E-state index contributed by atoms with van der Waals surface area (Å²) in [5.41, 5.74) is 1.72. The summed E-state index contributed by atoms with van der Waals surface area (Å²) in [5, 5.41) is 5.32. The van der Waals surface area contributed by atoms with Gasteiger partial charge >= 0.3 is 0 Å². The summed E-state index contributed by atoms with van der Waals surface area (Å²) in [5.74, 6) is 1.39. The van der Waals surface area contributed by atoms with Crippen molar-refractivity contribution in [3.63, 3.8) is 0 Å². The molecule has 0 spiro atoms. The van der Waals surface area contributed by atoms with Gasteiger partial charge in [-0.1, -0.05) is 47.6 Å². The first kappa shape index (κ1) is 21.8. The minimum Gasteiger partial charge on any atom is -0.495 e. The molecule has 166 valence electrons. The number of hydrogen-bond acceptors (Lipinski definition) is 5. The molecule has 5 nitrogen and oxygen atoms in total. The maximum atomic E-state index is 6.44. The largest absolute Gasteiger partial charge is 0.495 e. The van der Waals surface area contributed by atoms with Crippen LogP contribution in [0.1, 0.15) is 23.5 Å². The van der Waals surface area contributed by atoms with E-state index in [4.69, 9.17) is 33.0 Å². The quantitative estimate of drug-likeness (QED) is 0.301. The third-order valence-electron chi connectivity index (χ3n) is 5.37. The summed E-state index contributed by atoms with van der Waals surface area (Å²) in [4.78, 5) is 7.71. The van der Waals surface area contributed by atoms with E-state index in [9.17, 15) is 0 Å². The number of furan rings is 1. The molecule has 1 N–H and O–H groups in total. The van der Waals surface area contributed by atoms with E-state index in [0.717, 1.165) is 27.1 Å². The van der Waals surface area contributed by atoms with Crippen LogP contribution in [0.25, 0.3) is 0 Å². The molecule has 2 aromatic heterocycles. The number of aromatic nitrogens is 1. The van der Waals surface area contributed by atoms with E-state index < -0.39 is 0 Å². The molecule has 1 aliphatic heterocycles. The van der Waals surface area contributed by atoms with Gasteiger partial charge in [0.1, 0.15) is 17.6 Å². The number of benzene rings is 2. The van der Waals surface area contributed by atoms with E-state index in [1.54, 1.807) is 25.1 Å². The molecule has 0 radical (unpaired) electrons. The second kappa shape index (κ2) is 9.47. The van der Waals surface area contributed by atoms with Crippen molar-refractivity contribution >= 4 is 46.4 Å². The number of halogens is 1. The van der Waals surface area contributed by atoms with Gasteiger partial charge < -0.3 is 19.4 Å². The molecule has 2 atom stereocenters. The Kier molecular flexibility index (Phi) is 6.26. The van der Waals surface area contributed by atoms with Crippen LogP contribution in [0, 0.1) is 0 Å². The molecule has 0 bridgehead atoms. The zero-order valence-electron chi connectivity index (χ0n) is 17.6. The first-order chi connectivity index (χ1) is 16.1. The topological polar surface area (TPSA) is 50.5 Å². The Balaban J connectivity index is 1.54. The van der Waals surface area contributed by atoms with E-state index in [1.165, 1.54) is 0 Å². The van der Waals surface area contributed by atoms with Gasteiger partial charge in [0.2, 0.25) is 0 Å². The third-order valence-corrected chi connectivity index (χ3v) is 6.91. The van der Waals surface area contributed by atoms with Crippen LogP contribution in [-0.4, -0.2) is 17.2 Å². The zero-order valence-corrected chi connectivity index (χ0v) is 20.0. The molecule has 0 saturated carbocycles. The Morgan fingerprint density at radius 1 is 1.06 bits per heavy atom. The van der Waals surface area contributed by atoms with Crippen LogP contribution in [0.3, 0.4) is 0 Å². The normalized spacial score (nSPS) is 17.8. The monoisotopic (exact) mass is 493 g/mol. The van der Waals surface area contributed by atoms with Crippen molar-refractivity contribution in [1.82, 2.24) is 10.3 Å². The Labute approximate surface area is 206 Å². The first-order valence-corrected chi connectivity index (χ1v) is 11.9. The fourth-order valence-corrected chi connectivity index (χ4v) is 5.28. The lowest BCUT2D eigenvalue weighted by Gasteiger charge is -2.26. The van der Waals surface area contributed by atoms with Crippen LogP contribution in [-0.2, 0) is 0 Å². The van der Waals surface area contributed by atoms with Crippen LogP contribution >= 0.6 is 35.6 Å². The summed E-state index contributed by atoms with van der Waals surface area (Å²) < 4.78 is 11.7. The SMILES string of the molecule is COc1ccc(N2C(=S)N[C@@H](c3ccccn3)[C@H]2c2ccc(Sc3ccccc3)o2)cc1Cl. The van der Waals surface area contributed by atoms with Gasteiger partial charge in [-0.15, -0.1) is 0 Å². The third kappa shape index (κ3) is 4.44. The number of pyridine rings is 1. The van der Waals surface area contributed by atoms with Crippen LogP contribution in [0.2, 0.25) is 5.02 Å². The minimum atomic E-state index is -0.248. The van der Waals surface area contributed by atoms with E-state index in [-0.39, 0.29) is 12.1 Å². The average molecular weight is 494 g/mol. The summed E-state index contributed by atoms with van der Waals surface area (Å²) in [6.45, 7) is 0. The van der Waals surface area contributed by atoms with Crippen molar-refractivity contribution in [2.45, 2.75) is 22.1 Å². The molecule has 1 aliphatic rings. The molecule has 4 aromatic rings. The van der Waals surface area contributed by atoms with Crippen molar-refractivity contribution < 1.29 is 9.15 Å². The van der Waals surface area contributed by atoms with E-state index in [0.29, 0.717) is 15.9 Å². The second-order valence-corrected chi connectivity index (χ2v) is 9.26. The Bertz CT molecular complexity index is 1270. The van der Waals surface area contributed by atoms with E-state index >= 15 is 0 Å². The zero-order chi connectivity index (χ0) is 22.8. The molecule has 3 heterocycles. The fraction of sp³-hybridized carbons (Fsp3) is 0.120. The lowest BCUT2D eigenvalue weighted by atomic mass is 10.0. The Morgan fingerprint density at radius 3 is 2.61 bits per heavy atom. The number of rotatable bonds is 6. The van der Waals surface area contributed by atoms with Crippen molar-refractivity contribution in [3.05, 3.63) is 102 Å². The predicted molar refractivity (Wildman–Crippen MR) is 135 cm³/mol. The molecule has 0 amide bonds. The Hall–Kier alpha value is -3.00. The van der Waals surface area contributed by atoms with Crippen molar-refractivity contribution in [2.24, 2.45) is 0 Å². The number of thiocarbonyl (C=S) groups is 1. The minimum absolute atomic E-state index is 0.194. The molecule has 1 fully saturated rings. The maximum absolute atomic E-state index is 6.44. The van der Waals surface area contributed by atoms with Gasteiger partial charge in [0.25, 0.3) is 0 Å². The summed E-state index contributed by atoms with van der Waals surface area (Å²) in [6.07, 6.45) is 1.78. The number of methoxy groups -OCH3 is 1. The highest BCUT2D eigenvalue weighted by atomic mass is 35.5. The summed E-state index contributed by atoms with van der Waals surface area (Å²) in [6, 6.07) is 25.2. The number of nitrogens with zero attached hydrogens (tertiary/aromatic N) is 2. The van der Waals surface area contributed by atoms with Crippen molar-refractivity contribution in [1.29, 1.82) is 0 Å². The van der Waals surface area contributed by atoms with E-state index in [1.807, 2.05) is 71.6 Å². The molecule has 1 saturated heterocycles. The molecule has 2 aromatic carbocycles. The summed E-state index contributed by atoms with van der Waals surface area (Å²) in [7, 11) is 1.59. The van der Waals surface area contributed by atoms with Gasteiger partial charge in [-0.3, -0.25) is 4.98 Å². The van der Waals surface area contributed by atoms with Crippen LogP contribution in [0.5, 0.6) is 5.75 Å². The molecule has 0 unspecified atom stereocenters. The molecular weight excluding hydrogens is 474 g/mol. The molecule has 0 aliphatic carbocycles. The number of nitrogens with one attached hydrogen (secondary N) is 1. The van der Waals surface area contributed by atoms with Gasteiger partial charge in [-0.05, 0) is 66.8 Å². The second-order valence-electron chi connectivity index (χ2n) is 7.39. The van der Waals surface area contributed by atoms with Gasteiger partial charge in [0.15, 0.2) is 10.2 Å². The number of anilines is 1. The van der Waals surface area contributed by atoms with Crippen LogP contribution in [0.15, 0.2) is 99.5 Å². The standard InChI is InChI=1S/C25H20ClN3O2S2/c1-30-20-11-10-16(15-18(20)26)29-24(23(28-25(29)32)19-9-5-6-14-27-19)21-12-13-22(31-21)33-17-7-3-2-4-8-17/h2-15,23-24H,1H3,(H,28,32)/t23-,24+/m0/s1. The van der Waals surface area contributed by atoms with Crippen LogP contribution < -0.4 is 15.0 Å². The summed E-state index contributed by atoms with van der Waals surface area (Å²) >= 11 is 13.8. The van der Waals surface area contributed by atoms with E-state index in [2.05, 4.69) is 22.4 Å². The fourth-order valence-electron chi connectivity index (χ4n) is 3.88. The van der Waals surface area contributed by atoms with Crippen molar-refractivity contribution in [2.75, 3.05) is 12.0 Å². The lowest BCUT2D eigenvalue weighted by Crippen LogP contribution is -2.29. The highest BCUT2D eigenvalue weighted by Crippen LogP contribution is 2.44. The molecule has 33 heavy (non-hydrogen) atoms. The first-order valence-electron chi connectivity index (χ1n) is 10.3. The maximum Gasteiger partial charge on any atom is 0.174 e. The number of ether oxygens (including phenoxy) is 1. The molecule has 5 rings (SSSR count). The predicted octanol–water partition coefficient (Wildman–Crippen LogP) is 6.66. The molecular formula is C25H20ClN3O2S2. The van der Waals surface area contributed by atoms with Crippen molar-refractivity contribution in [3.8, 4) is 5.75 Å². The smallest absolute Gasteiger partial charge is 0.174 e. The van der Waals surface area contributed by atoms with Gasteiger partial charge in [0.05, 0.1) is 23.9 Å². The molecule has 8 heteroatoms.